The van der Waals surface area contributed by atoms with Crippen molar-refractivity contribution in [2.75, 3.05) is 18.6 Å². The summed E-state index contributed by atoms with van der Waals surface area (Å²) in [6, 6.07) is -0.0163. The Morgan fingerprint density at radius 3 is 2.81 bits per heavy atom. The van der Waals surface area contributed by atoms with Crippen LogP contribution in [0.25, 0.3) is 0 Å². The average Bonchev–Trinajstić information content (AvgIpc) is 2.63. The predicted octanol–water partition coefficient (Wildman–Crippen LogP) is 0.245. The molecule has 0 bridgehead atoms. The topological polar surface area (TPSA) is 72.2 Å². The summed E-state index contributed by atoms with van der Waals surface area (Å²) in [6.07, 6.45) is 4.74. The zero-order valence-electron chi connectivity index (χ0n) is 10.1. The molecule has 16 heavy (non-hydrogen) atoms. The summed E-state index contributed by atoms with van der Waals surface area (Å²) in [4.78, 5) is 11.9. The van der Waals surface area contributed by atoms with Gasteiger partial charge in [0.15, 0.2) is 0 Å². The molecule has 4 atom stereocenters. The SMILES string of the molecule is CC(CS(C)=O)NC(=O)C1CCCC1CN. The van der Waals surface area contributed by atoms with E-state index in [-0.39, 0.29) is 17.9 Å². The van der Waals surface area contributed by atoms with Crippen LogP contribution in [0.4, 0.5) is 0 Å². The lowest BCUT2D eigenvalue weighted by Crippen LogP contribution is -2.42. The van der Waals surface area contributed by atoms with Crippen LogP contribution in [-0.2, 0) is 15.6 Å². The van der Waals surface area contributed by atoms with E-state index in [1.54, 1.807) is 6.26 Å². The molecule has 94 valence electrons. The van der Waals surface area contributed by atoms with Gasteiger partial charge in [0.25, 0.3) is 0 Å². The van der Waals surface area contributed by atoms with Gasteiger partial charge in [-0.2, -0.15) is 0 Å². The number of hydrogen-bond donors (Lipinski definition) is 2. The third-order valence-electron chi connectivity index (χ3n) is 3.17. The first-order chi connectivity index (χ1) is 7.54. The molecule has 0 radical (unpaired) electrons. The highest BCUT2D eigenvalue weighted by Crippen LogP contribution is 2.30. The van der Waals surface area contributed by atoms with Crippen LogP contribution < -0.4 is 11.1 Å². The maximum absolute atomic E-state index is 11.9. The van der Waals surface area contributed by atoms with Crippen molar-refractivity contribution < 1.29 is 9.00 Å². The van der Waals surface area contributed by atoms with Gasteiger partial charge in [-0.3, -0.25) is 9.00 Å². The lowest BCUT2D eigenvalue weighted by Gasteiger charge is -2.20. The van der Waals surface area contributed by atoms with E-state index in [1.165, 1.54) is 0 Å². The van der Waals surface area contributed by atoms with Crippen molar-refractivity contribution in [2.24, 2.45) is 17.6 Å². The fourth-order valence-electron chi connectivity index (χ4n) is 2.41. The molecule has 0 heterocycles. The van der Waals surface area contributed by atoms with Crippen LogP contribution in [0.3, 0.4) is 0 Å². The summed E-state index contributed by atoms with van der Waals surface area (Å²) in [5.41, 5.74) is 5.64. The van der Waals surface area contributed by atoms with Crippen LogP contribution in [0.15, 0.2) is 0 Å². The fraction of sp³-hybridized carbons (Fsp3) is 0.909. The zero-order valence-corrected chi connectivity index (χ0v) is 10.9. The van der Waals surface area contributed by atoms with Crippen molar-refractivity contribution in [2.45, 2.75) is 32.2 Å². The monoisotopic (exact) mass is 246 g/mol. The van der Waals surface area contributed by atoms with Crippen molar-refractivity contribution in [3.63, 3.8) is 0 Å². The third kappa shape index (κ3) is 3.87. The molecule has 0 aromatic carbocycles. The normalized spacial score (nSPS) is 28.7. The Labute approximate surface area is 99.8 Å². The van der Waals surface area contributed by atoms with Gasteiger partial charge in [-0.25, -0.2) is 0 Å². The Hall–Kier alpha value is -0.420. The molecule has 1 aliphatic carbocycles. The molecule has 0 aromatic heterocycles. The van der Waals surface area contributed by atoms with E-state index in [2.05, 4.69) is 5.32 Å². The largest absolute Gasteiger partial charge is 0.352 e. The minimum atomic E-state index is -0.864. The summed E-state index contributed by atoms with van der Waals surface area (Å²) in [6.45, 7) is 2.48. The summed E-state index contributed by atoms with van der Waals surface area (Å²) in [5, 5.41) is 2.93. The van der Waals surface area contributed by atoms with Crippen molar-refractivity contribution in [3.8, 4) is 0 Å². The first-order valence-electron chi connectivity index (χ1n) is 5.85. The quantitative estimate of drug-likeness (QED) is 0.730. The summed E-state index contributed by atoms with van der Waals surface area (Å²) in [5.74, 6) is 1.01. The van der Waals surface area contributed by atoms with Crippen LogP contribution in [0.1, 0.15) is 26.2 Å². The van der Waals surface area contributed by atoms with E-state index in [9.17, 15) is 9.00 Å². The van der Waals surface area contributed by atoms with Crippen LogP contribution in [0, 0.1) is 11.8 Å². The minimum absolute atomic E-state index is 0.0163. The Bertz CT molecular complexity index is 271. The second kappa shape index (κ2) is 6.35. The maximum Gasteiger partial charge on any atom is 0.223 e. The maximum atomic E-state index is 11.9. The highest BCUT2D eigenvalue weighted by Gasteiger charge is 2.32. The number of carbonyl (C=O) groups excluding carboxylic acids is 1. The molecule has 1 aliphatic rings. The summed E-state index contributed by atoms with van der Waals surface area (Å²) in [7, 11) is -0.864. The molecular formula is C11H22N2O2S. The van der Waals surface area contributed by atoms with Crippen LogP contribution in [0.2, 0.25) is 0 Å². The van der Waals surface area contributed by atoms with E-state index in [0.717, 1.165) is 19.3 Å². The molecule has 5 heteroatoms. The molecule has 1 rings (SSSR count). The molecule has 3 N–H and O–H groups in total. The molecule has 1 amide bonds. The smallest absolute Gasteiger partial charge is 0.223 e. The van der Waals surface area contributed by atoms with Crippen molar-refractivity contribution in [1.82, 2.24) is 5.32 Å². The molecular weight excluding hydrogens is 224 g/mol. The highest BCUT2D eigenvalue weighted by atomic mass is 32.2. The van der Waals surface area contributed by atoms with Crippen molar-refractivity contribution in [3.05, 3.63) is 0 Å². The number of nitrogens with two attached hydrogens (primary N) is 1. The van der Waals surface area contributed by atoms with E-state index < -0.39 is 10.8 Å². The first-order valence-corrected chi connectivity index (χ1v) is 7.57. The van der Waals surface area contributed by atoms with Crippen LogP contribution in [-0.4, -0.2) is 34.7 Å². The van der Waals surface area contributed by atoms with Gasteiger partial charge < -0.3 is 11.1 Å². The average molecular weight is 246 g/mol. The molecule has 0 aliphatic heterocycles. The molecule has 4 nitrogen and oxygen atoms in total. The van der Waals surface area contributed by atoms with Crippen molar-refractivity contribution >= 4 is 16.7 Å². The Balaban J connectivity index is 2.42. The lowest BCUT2D eigenvalue weighted by molar-refractivity contribution is -0.126. The predicted molar refractivity (Wildman–Crippen MR) is 66.4 cm³/mol. The van der Waals surface area contributed by atoms with Gasteiger partial charge in [0, 0.05) is 34.8 Å². The van der Waals surface area contributed by atoms with Gasteiger partial charge in [-0.15, -0.1) is 0 Å². The third-order valence-corrected chi connectivity index (χ3v) is 4.14. The van der Waals surface area contributed by atoms with Gasteiger partial charge in [0.1, 0.15) is 0 Å². The number of amides is 1. The molecule has 0 saturated heterocycles. The van der Waals surface area contributed by atoms with E-state index in [4.69, 9.17) is 5.73 Å². The molecule has 0 aromatic rings. The molecule has 4 unspecified atom stereocenters. The second-order valence-electron chi connectivity index (χ2n) is 4.68. The Morgan fingerprint density at radius 2 is 2.25 bits per heavy atom. The summed E-state index contributed by atoms with van der Waals surface area (Å²) < 4.78 is 11.0. The molecule has 1 fully saturated rings. The Kier molecular flexibility index (Phi) is 5.41. The Morgan fingerprint density at radius 1 is 1.56 bits per heavy atom. The first kappa shape index (κ1) is 13.6. The summed E-state index contributed by atoms with van der Waals surface area (Å²) >= 11 is 0. The highest BCUT2D eigenvalue weighted by molar-refractivity contribution is 7.84. The number of nitrogens with one attached hydrogen (secondary N) is 1. The molecule has 0 spiro atoms. The number of rotatable bonds is 5. The minimum Gasteiger partial charge on any atom is -0.352 e. The second-order valence-corrected chi connectivity index (χ2v) is 6.16. The fourth-order valence-corrected chi connectivity index (χ4v) is 3.20. The van der Waals surface area contributed by atoms with Gasteiger partial charge in [-0.05, 0) is 32.2 Å². The van der Waals surface area contributed by atoms with Crippen LogP contribution in [0.5, 0.6) is 0 Å². The zero-order chi connectivity index (χ0) is 12.1. The van der Waals surface area contributed by atoms with Crippen molar-refractivity contribution in [1.29, 1.82) is 0 Å². The van der Waals surface area contributed by atoms with Crippen LogP contribution >= 0.6 is 0 Å². The number of hydrogen-bond acceptors (Lipinski definition) is 3. The lowest BCUT2D eigenvalue weighted by atomic mass is 9.95. The number of carbonyl (C=O) groups is 1. The van der Waals surface area contributed by atoms with Gasteiger partial charge >= 0.3 is 0 Å². The standard InChI is InChI=1S/C11H22N2O2S/c1-8(7-16(2)15)13-11(14)10-5-3-4-9(10)6-12/h8-10H,3-7,12H2,1-2H3,(H,13,14). The van der Waals surface area contributed by atoms with E-state index in [0.29, 0.717) is 18.2 Å². The van der Waals surface area contributed by atoms with Gasteiger partial charge in [0.05, 0.1) is 0 Å². The van der Waals surface area contributed by atoms with Gasteiger partial charge in [-0.1, -0.05) is 6.42 Å². The van der Waals surface area contributed by atoms with Gasteiger partial charge in [0.2, 0.25) is 5.91 Å². The van der Waals surface area contributed by atoms with E-state index in [1.807, 2.05) is 6.92 Å². The van der Waals surface area contributed by atoms with E-state index >= 15 is 0 Å². The molecule has 1 saturated carbocycles.